The summed E-state index contributed by atoms with van der Waals surface area (Å²) in [6.45, 7) is 4.50. The maximum Gasteiger partial charge on any atom is 0.268 e. The van der Waals surface area contributed by atoms with Crippen molar-refractivity contribution in [3.63, 3.8) is 0 Å². The number of nitrogens with one attached hydrogen (secondary N) is 1. The van der Waals surface area contributed by atoms with Crippen molar-refractivity contribution in [3.8, 4) is 0 Å². The molecule has 0 aliphatic rings. The predicted molar refractivity (Wildman–Crippen MR) is 164 cm³/mol. The summed E-state index contributed by atoms with van der Waals surface area (Å²) in [5.74, 6) is -0.217. The molecule has 0 aliphatic carbocycles. The van der Waals surface area contributed by atoms with Crippen LogP contribution in [-0.4, -0.2) is 68.5 Å². The zero-order valence-corrected chi connectivity index (χ0v) is 27.2. The average Bonchev–Trinajstić information content (AvgIpc) is 2.88. The van der Waals surface area contributed by atoms with Gasteiger partial charge in [0, 0.05) is 6.42 Å². The largest absolute Gasteiger partial charge is 0.756 e. The summed E-state index contributed by atoms with van der Waals surface area (Å²) in [5.41, 5.74) is 0. The number of carbonyl (C=O) groups is 1. The van der Waals surface area contributed by atoms with Gasteiger partial charge in [0.05, 0.1) is 39.9 Å². The second-order valence-electron chi connectivity index (χ2n) is 11.8. The number of quaternary nitrogens is 1. The zero-order valence-electron chi connectivity index (χ0n) is 26.3. The minimum Gasteiger partial charge on any atom is -0.756 e. The number of hydrogen-bond donors (Lipinski definition) is 2. The molecule has 8 nitrogen and oxygen atoms in total. The summed E-state index contributed by atoms with van der Waals surface area (Å²) < 4.78 is 22.9. The first-order chi connectivity index (χ1) is 19.0. The topological polar surface area (TPSA) is 108 Å². The van der Waals surface area contributed by atoms with Gasteiger partial charge in [-0.15, -0.1) is 0 Å². The number of aliphatic hydroxyl groups excluding tert-OH is 1. The van der Waals surface area contributed by atoms with Crippen LogP contribution in [0.1, 0.15) is 117 Å². The fraction of sp³-hybridized carbons (Fsp3) is 0.839. The van der Waals surface area contributed by atoms with Gasteiger partial charge in [-0.1, -0.05) is 102 Å². The Bertz CT molecular complexity index is 723. The number of rotatable bonds is 27. The van der Waals surface area contributed by atoms with Crippen LogP contribution in [0.3, 0.4) is 0 Å². The van der Waals surface area contributed by atoms with Gasteiger partial charge >= 0.3 is 0 Å². The van der Waals surface area contributed by atoms with Crippen LogP contribution < -0.4 is 10.2 Å². The Morgan fingerprint density at radius 1 is 0.850 bits per heavy atom. The normalized spacial score (nSPS) is 15.5. The van der Waals surface area contributed by atoms with Gasteiger partial charge in [0.15, 0.2) is 0 Å². The summed E-state index contributed by atoms with van der Waals surface area (Å²) >= 11 is 0. The van der Waals surface area contributed by atoms with Crippen LogP contribution in [0.25, 0.3) is 0 Å². The van der Waals surface area contributed by atoms with Gasteiger partial charge in [-0.25, -0.2) is 0 Å². The smallest absolute Gasteiger partial charge is 0.268 e. The van der Waals surface area contributed by atoms with E-state index in [2.05, 4.69) is 31.3 Å². The molecule has 0 bridgehead atoms. The van der Waals surface area contributed by atoms with E-state index in [9.17, 15) is 19.4 Å². The van der Waals surface area contributed by atoms with Crippen LogP contribution in [-0.2, 0) is 18.4 Å². The fourth-order valence-corrected chi connectivity index (χ4v) is 4.77. The summed E-state index contributed by atoms with van der Waals surface area (Å²) in [4.78, 5) is 24.9. The Balaban J connectivity index is 4.73. The molecular formula is C31H61N2O6P. The maximum absolute atomic E-state index is 12.6. The lowest BCUT2D eigenvalue weighted by Gasteiger charge is -2.29. The molecule has 0 rings (SSSR count). The van der Waals surface area contributed by atoms with Crippen molar-refractivity contribution in [2.45, 2.75) is 129 Å². The molecule has 1 amide bonds. The molecule has 0 saturated carbocycles. The van der Waals surface area contributed by atoms with E-state index >= 15 is 0 Å². The fourth-order valence-electron chi connectivity index (χ4n) is 4.05. The molecule has 0 saturated heterocycles. The van der Waals surface area contributed by atoms with Crippen LogP contribution in [0, 0.1) is 0 Å². The first kappa shape index (κ1) is 39.0. The number of carbonyl (C=O) groups excluding carboxylic acids is 1. The van der Waals surface area contributed by atoms with E-state index in [0.29, 0.717) is 17.4 Å². The predicted octanol–water partition coefficient (Wildman–Crippen LogP) is 6.43. The SMILES string of the molecule is CCCCC/C=C/CC/C=C/[C@@H](O)[C@H](COP(=O)([O-])OCC[N+](C)(C)C)NC(=O)CCCCCCCCCCC. The number of amides is 1. The second-order valence-corrected chi connectivity index (χ2v) is 13.2. The van der Waals surface area contributed by atoms with Gasteiger partial charge in [0.25, 0.3) is 7.82 Å². The van der Waals surface area contributed by atoms with Crippen LogP contribution >= 0.6 is 7.82 Å². The van der Waals surface area contributed by atoms with Gasteiger partial charge in [-0.2, -0.15) is 0 Å². The van der Waals surface area contributed by atoms with Crippen molar-refractivity contribution >= 4 is 13.7 Å². The second kappa shape index (κ2) is 24.6. The number of unbranched alkanes of at least 4 members (excludes halogenated alkanes) is 12. The average molecular weight is 589 g/mol. The van der Waals surface area contributed by atoms with Gasteiger partial charge in [0.2, 0.25) is 5.91 Å². The molecule has 0 aromatic rings. The minimum atomic E-state index is -4.57. The molecule has 0 fully saturated rings. The Labute approximate surface area is 245 Å². The maximum atomic E-state index is 12.6. The van der Waals surface area contributed by atoms with E-state index in [1.807, 2.05) is 27.2 Å². The van der Waals surface area contributed by atoms with Crippen molar-refractivity contribution < 1.29 is 32.9 Å². The molecule has 40 heavy (non-hydrogen) atoms. The van der Waals surface area contributed by atoms with Gasteiger partial charge in [0.1, 0.15) is 13.2 Å². The highest BCUT2D eigenvalue weighted by Crippen LogP contribution is 2.38. The molecule has 1 unspecified atom stereocenters. The van der Waals surface area contributed by atoms with E-state index in [-0.39, 0.29) is 12.5 Å². The monoisotopic (exact) mass is 588 g/mol. The number of aliphatic hydroxyl groups is 1. The lowest BCUT2D eigenvalue weighted by Crippen LogP contribution is -2.45. The first-order valence-corrected chi connectivity index (χ1v) is 17.2. The number of phosphoric acid groups is 1. The van der Waals surface area contributed by atoms with Crippen molar-refractivity contribution in [1.82, 2.24) is 5.32 Å². The molecule has 0 aromatic heterocycles. The highest BCUT2D eigenvalue weighted by atomic mass is 31.2. The van der Waals surface area contributed by atoms with Crippen molar-refractivity contribution in [1.29, 1.82) is 0 Å². The first-order valence-electron chi connectivity index (χ1n) is 15.7. The quantitative estimate of drug-likeness (QED) is 0.0495. The van der Waals surface area contributed by atoms with E-state index in [1.54, 1.807) is 6.08 Å². The highest BCUT2D eigenvalue weighted by molar-refractivity contribution is 7.45. The summed E-state index contributed by atoms with van der Waals surface area (Å²) in [6, 6.07) is -0.892. The van der Waals surface area contributed by atoms with E-state index in [1.165, 1.54) is 57.8 Å². The third kappa shape index (κ3) is 25.9. The van der Waals surface area contributed by atoms with Gasteiger partial charge in [-0.05, 0) is 32.1 Å². The molecule has 236 valence electrons. The molecule has 0 heterocycles. The highest BCUT2D eigenvalue weighted by Gasteiger charge is 2.23. The molecular weight excluding hydrogens is 527 g/mol. The zero-order chi connectivity index (χ0) is 30.1. The number of hydrogen-bond acceptors (Lipinski definition) is 6. The molecule has 0 aliphatic heterocycles. The molecule has 0 aromatic carbocycles. The molecule has 2 N–H and O–H groups in total. The summed E-state index contributed by atoms with van der Waals surface area (Å²) in [6.07, 6.45) is 23.8. The standard InChI is InChI=1S/C31H61N2O6P/c1-6-8-10-12-14-16-18-20-22-24-30(34)29(28-39-40(36,37)38-27-26-33(3,4)5)32-31(35)25-23-21-19-17-15-13-11-9-7-2/h14,16,22,24,29-30,34H,6-13,15,17-21,23,25-28H2,1-5H3,(H-,32,35,36,37)/b16-14+,24-22+/t29-,30+/m0/s1. The van der Waals surface area contributed by atoms with Crippen LogP contribution in [0.5, 0.6) is 0 Å². The Kier molecular flexibility index (Phi) is 23.9. The Morgan fingerprint density at radius 3 is 2.02 bits per heavy atom. The third-order valence-corrected chi connectivity index (χ3v) is 7.63. The number of phosphoric ester groups is 1. The van der Waals surface area contributed by atoms with E-state index < -0.39 is 26.6 Å². The van der Waals surface area contributed by atoms with Crippen molar-refractivity contribution in [3.05, 3.63) is 24.3 Å². The van der Waals surface area contributed by atoms with Crippen LogP contribution in [0.4, 0.5) is 0 Å². The number of allylic oxidation sites excluding steroid dienone is 3. The lowest BCUT2D eigenvalue weighted by molar-refractivity contribution is -0.870. The number of likely N-dealkylation sites (N-methyl/N-ethyl adjacent to an activating group) is 1. The summed E-state index contributed by atoms with van der Waals surface area (Å²) in [5, 5.41) is 13.5. The molecule has 0 spiro atoms. The Hall–Kier alpha value is -1.02. The van der Waals surface area contributed by atoms with Crippen LogP contribution in [0.2, 0.25) is 0 Å². The Morgan fingerprint density at radius 2 is 1.40 bits per heavy atom. The van der Waals surface area contributed by atoms with Gasteiger partial charge in [-0.3, -0.25) is 9.36 Å². The summed E-state index contributed by atoms with van der Waals surface area (Å²) in [7, 11) is 1.24. The third-order valence-electron chi connectivity index (χ3n) is 6.66. The van der Waals surface area contributed by atoms with E-state index in [0.717, 1.165) is 38.5 Å². The molecule has 9 heteroatoms. The van der Waals surface area contributed by atoms with Crippen molar-refractivity contribution in [2.75, 3.05) is 40.9 Å². The minimum absolute atomic E-state index is 0.00563. The number of nitrogens with zero attached hydrogens (tertiary/aromatic N) is 1. The van der Waals surface area contributed by atoms with Crippen LogP contribution in [0.15, 0.2) is 24.3 Å². The molecule has 3 atom stereocenters. The van der Waals surface area contributed by atoms with E-state index in [4.69, 9.17) is 9.05 Å². The van der Waals surface area contributed by atoms with Crippen molar-refractivity contribution in [2.24, 2.45) is 0 Å². The van der Waals surface area contributed by atoms with Gasteiger partial charge < -0.3 is 28.8 Å². The lowest BCUT2D eigenvalue weighted by atomic mass is 10.1. The molecule has 0 radical (unpaired) electrons.